The Morgan fingerprint density at radius 1 is 0.532 bits per heavy atom. The molecule has 0 bridgehead atoms. The molecule has 502 valence electrons. The molecule has 0 saturated carbocycles. The van der Waals surface area contributed by atoms with Crippen molar-refractivity contribution in [3.63, 3.8) is 0 Å². The van der Waals surface area contributed by atoms with Gasteiger partial charge in [-0.3, -0.25) is 52.9 Å². The Morgan fingerprint density at radius 2 is 1.05 bits per heavy atom. The van der Waals surface area contributed by atoms with Crippen LogP contribution >= 0.6 is 0 Å². The zero-order valence-electron chi connectivity index (χ0n) is 53.9. The van der Waals surface area contributed by atoms with Crippen molar-refractivity contribution in [3.8, 4) is 5.75 Å². The van der Waals surface area contributed by atoms with E-state index < -0.39 is 138 Å². The molecule has 94 heavy (non-hydrogen) atoms. The van der Waals surface area contributed by atoms with Crippen molar-refractivity contribution < 1.29 is 63.0 Å². The second kappa shape index (κ2) is 35.8. The molecule has 2 aromatic heterocycles. The van der Waals surface area contributed by atoms with E-state index in [1.165, 1.54) is 33.0 Å². The van der Waals surface area contributed by atoms with Crippen LogP contribution in [-0.2, 0) is 78.4 Å². The minimum absolute atomic E-state index is 0.00309. The average Bonchev–Trinajstić information content (AvgIpc) is 1.64. The van der Waals surface area contributed by atoms with Gasteiger partial charge in [0.05, 0.1) is 30.7 Å². The molecule has 0 fully saturated rings. The number of aliphatic hydroxyl groups is 1. The van der Waals surface area contributed by atoms with Gasteiger partial charge in [-0.25, -0.2) is 0 Å². The molecule has 24 heteroatoms. The number of guanidine groups is 1. The maximum Gasteiger partial charge on any atom is 0.224 e. The third-order valence-corrected chi connectivity index (χ3v) is 16.6. The number of phenolic OH excluding ortho intramolecular Hbond substituents is 1. The van der Waals surface area contributed by atoms with Crippen LogP contribution in [0.4, 0.5) is 0 Å². The number of aromatic nitrogens is 2. The van der Waals surface area contributed by atoms with Gasteiger partial charge in [0.15, 0.2) is 29.1 Å². The molecule has 24 nitrogen and oxygen atoms in total. The first-order chi connectivity index (χ1) is 44.8. The molecule has 0 radical (unpaired) electrons. The number of nitrogens with two attached hydrogens (primary N) is 3. The van der Waals surface area contributed by atoms with E-state index in [0.29, 0.717) is 29.7 Å². The molecule has 0 unspecified atom stereocenters. The van der Waals surface area contributed by atoms with Crippen LogP contribution in [0.25, 0.3) is 21.8 Å². The van der Waals surface area contributed by atoms with Crippen LogP contribution < -0.4 is 43.8 Å². The molecule has 6 aromatic rings. The number of para-hydroxylation sites is 2. The smallest absolute Gasteiger partial charge is 0.224 e. The molecule has 6 amide bonds. The number of aliphatic imine (C=N–C) groups is 1. The highest BCUT2D eigenvalue weighted by Crippen LogP contribution is 2.27. The standard InChI is InChI=1S/C70H89N11O13/c1-40(2)26-46(67(92)79-58(20-13-25-75-70(73)74-5)60(86)33-45(65(72)90)30-50-37-76-56-18-11-9-16-54(50)56)31-53(85)39-78-66(91)48(28-43-14-7-6-8-15-43)35-62(88)64(42(4)83)81-69(94)49(36-63(71)89)34-61(87)59(32-51-38-77-57-19-12-10-17-55(51)57)80-68(93)47(27-41(3)82)29-44-21-23-52(84)24-22-44/h6-12,14-19,21-24,37-38,40,42,45-49,58-59,64,76-77,83-84H,13,20,25-36,39H2,1-5H3,(H2,71,89)(H2,72,90)(H,78,91)(H,79,92)(H,80,93)(H,81,94)(H3,73,74,75)/t42-,45-,46-,47-,48-,49+,58+,59-,64+/m1/s1. The van der Waals surface area contributed by atoms with Crippen LogP contribution in [-0.4, -0.2) is 135 Å². The number of aromatic hydroxyl groups is 1. The van der Waals surface area contributed by atoms with Crippen LogP contribution in [0.15, 0.2) is 121 Å². The number of primary amides is 2. The first-order valence-corrected chi connectivity index (χ1v) is 31.7. The third-order valence-electron chi connectivity index (χ3n) is 16.6. The van der Waals surface area contributed by atoms with E-state index in [2.05, 4.69) is 41.5 Å². The van der Waals surface area contributed by atoms with E-state index in [-0.39, 0.29) is 81.2 Å². The fraction of sp³-hybridized carbons (Fsp3) is 0.429. The Bertz CT molecular complexity index is 3650. The van der Waals surface area contributed by atoms with E-state index in [9.17, 15) is 63.0 Å². The largest absolute Gasteiger partial charge is 0.508 e. The Morgan fingerprint density at radius 3 is 1.63 bits per heavy atom. The Balaban J connectivity index is 1.16. The predicted molar refractivity (Wildman–Crippen MR) is 355 cm³/mol. The van der Waals surface area contributed by atoms with Crippen molar-refractivity contribution in [1.82, 2.24) is 36.6 Å². The lowest BCUT2D eigenvalue weighted by molar-refractivity contribution is -0.137. The van der Waals surface area contributed by atoms with Gasteiger partial charge < -0.3 is 68.8 Å². The highest BCUT2D eigenvalue weighted by atomic mass is 16.3. The molecule has 15 N–H and O–H groups in total. The second-order valence-electron chi connectivity index (χ2n) is 24.8. The molecular formula is C70H89N11O13. The summed E-state index contributed by atoms with van der Waals surface area (Å²) in [6.07, 6.45) is -0.173. The normalized spacial score (nSPS) is 14.5. The quantitative estimate of drug-likeness (QED) is 0.0146. The minimum Gasteiger partial charge on any atom is -0.508 e. The lowest BCUT2D eigenvalue weighted by Crippen LogP contribution is -2.52. The maximum absolute atomic E-state index is 14.6. The van der Waals surface area contributed by atoms with Crippen molar-refractivity contribution in [1.29, 1.82) is 0 Å². The van der Waals surface area contributed by atoms with Gasteiger partial charge in [-0.05, 0) is 105 Å². The Labute approximate surface area is 546 Å². The van der Waals surface area contributed by atoms with Gasteiger partial charge in [-0.1, -0.05) is 92.7 Å². The van der Waals surface area contributed by atoms with Crippen LogP contribution in [0.2, 0.25) is 0 Å². The SMILES string of the molecule is CN=C(N)NCCC[C@H](NC(=O)[C@@H](CC(=O)CNC(=O)[C@@H](CC(=O)[C@@H](NC(=O)[C@H](CC(N)=O)CC(=O)[C@@H](Cc1c[nH]c2ccccc12)NC(=O)[C@H](CC(C)=O)Cc1ccc(O)cc1)[C@@H](C)O)Cc1ccccc1)CC(C)C)C(=O)C[C@@H](Cc1c[nH]c2ccccc12)C(N)=O. The highest BCUT2D eigenvalue weighted by molar-refractivity contribution is 5.99. The Hall–Kier alpha value is -9.84. The molecule has 0 aliphatic carbocycles. The number of hydrogen-bond donors (Lipinski definition) is 12. The number of Topliss-reactive ketones (excluding diaryl/α,β-unsaturated/α-hetero) is 5. The van der Waals surface area contributed by atoms with Crippen molar-refractivity contribution in [2.75, 3.05) is 20.1 Å². The number of aromatic amines is 2. The summed E-state index contributed by atoms with van der Waals surface area (Å²) in [6.45, 7) is 6.00. The number of carbonyl (C=O) groups excluding carboxylic acids is 11. The van der Waals surface area contributed by atoms with Crippen molar-refractivity contribution in [2.45, 2.75) is 135 Å². The van der Waals surface area contributed by atoms with Crippen LogP contribution in [0.1, 0.15) is 108 Å². The molecule has 9 atom stereocenters. The lowest BCUT2D eigenvalue weighted by atomic mass is 9.88. The van der Waals surface area contributed by atoms with Crippen molar-refractivity contribution >= 4 is 92.1 Å². The fourth-order valence-corrected chi connectivity index (χ4v) is 11.7. The number of benzene rings is 4. The number of nitrogens with zero attached hydrogens (tertiary/aromatic N) is 1. The predicted octanol–water partition coefficient (Wildman–Crippen LogP) is 4.19. The van der Waals surface area contributed by atoms with Crippen molar-refractivity contribution in [3.05, 3.63) is 138 Å². The van der Waals surface area contributed by atoms with E-state index >= 15 is 0 Å². The summed E-state index contributed by atoms with van der Waals surface area (Å²) in [5.41, 5.74) is 21.6. The first-order valence-electron chi connectivity index (χ1n) is 31.7. The van der Waals surface area contributed by atoms with E-state index in [4.69, 9.17) is 17.2 Å². The number of nitrogens with one attached hydrogen (secondary N) is 7. The number of H-pyrrole nitrogens is 2. The Kier molecular flexibility index (Phi) is 27.9. The van der Waals surface area contributed by atoms with Crippen LogP contribution in [0.3, 0.4) is 0 Å². The van der Waals surface area contributed by atoms with Gasteiger partial charge in [0, 0.05) is 116 Å². The monoisotopic (exact) mass is 1290 g/mol. The summed E-state index contributed by atoms with van der Waals surface area (Å²) in [5, 5.41) is 36.3. The second-order valence-corrected chi connectivity index (χ2v) is 24.8. The summed E-state index contributed by atoms with van der Waals surface area (Å²) >= 11 is 0. The van der Waals surface area contributed by atoms with Gasteiger partial charge in [0.2, 0.25) is 35.4 Å². The fourth-order valence-electron chi connectivity index (χ4n) is 11.7. The van der Waals surface area contributed by atoms with Gasteiger partial charge in [0.25, 0.3) is 0 Å². The molecule has 6 rings (SSSR count). The summed E-state index contributed by atoms with van der Waals surface area (Å²) in [5.74, 6) is -13.0. The number of aliphatic hydroxyl groups excluding tert-OH is 1. The average molecular weight is 1290 g/mol. The number of amides is 6. The number of ketones is 5. The summed E-state index contributed by atoms with van der Waals surface area (Å²) in [6, 6.07) is 25.3. The molecule has 0 aliphatic heterocycles. The summed E-state index contributed by atoms with van der Waals surface area (Å²) in [4.78, 5) is 163. The summed E-state index contributed by atoms with van der Waals surface area (Å²) in [7, 11) is 1.51. The topological polar surface area (TPSA) is 410 Å². The lowest BCUT2D eigenvalue weighted by Gasteiger charge is -2.26. The van der Waals surface area contributed by atoms with E-state index in [1.807, 2.05) is 56.3 Å². The number of rotatable bonds is 40. The maximum atomic E-state index is 14.6. The molecule has 4 aromatic carbocycles. The van der Waals surface area contributed by atoms with E-state index in [1.54, 1.807) is 60.9 Å². The van der Waals surface area contributed by atoms with Gasteiger partial charge in [-0.2, -0.15) is 0 Å². The van der Waals surface area contributed by atoms with Crippen molar-refractivity contribution in [2.24, 2.45) is 57.7 Å². The molecule has 0 saturated heterocycles. The van der Waals surface area contributed by atoms with Crippen LogP contribution in [0.5, 0.6) is 5.75 Å². The van der Waals surface area contributed by atoms with Gasteiger partial charge in [0.1, 0.15) is 17.6 Å². The van der Waals surface area contributed by atoms with E-state index in [0.717, 1.165) is 27.4 Å². The number of hydrogen-bond acceptors (Lipinski definition) is 14. The number of fused-ring (bicyclic) bond motifs is 2. The van der Waals surface area contributed by atoms with Crippen LogP contribution in [0, 0.1) is 35.5 Å². The van der Waals surface area contributed by atoms with Gasteiger partial charge >= 0.3 is 0 Å². The number of phenols is 1. The molecule has 0 spiro atoms. The highest BCUT2D eigenvalue weighted by Gasteiger charge is 2.37. The molecule has 2 heterocycles. The summed E-state index contributed by atoms with van der Waals surface area (Å²) < 4.78 is 0. The zero-order chi connectivity index (χ0) is 68.6. The minimum atomic E-state index is -1.70. The number of carbonyl (C=O) groups is 11. The third kappa shape index (κ3) is 22.8. The molecule has 0 aliphatic rings. The van der Waals surface area contributed by atoms with Gasteiger partial charge in [-0.15, -0.1) is 0 Å². The first kappa shape index (κ1) is 73.2. The zero-order valence-corrected chi connectivity index (χ0v) is 53.9. The molecular weight excluding hydrogens is 1200 g/mol.